The molecule has 0 aromatic carbocycles. The molecule has 0 amide bonds. The van der Waals surface area contributed by atoms with E-state index in [1.54, 1.807) is 23.8 Å². The monoisotopic (exact) mass is 222 g/mol. The van der Waals surface area contributed by atoms with Gasteiger partial charge in [0.1, 0.15) is 5.82 Å². The lowest BCUT2D eigenvalue weighted by Gasteiger charge is -2.00. The molecular weight excluding hydrogens is 212 g/mol. The molecule has 78 valence electrons. The van der Waals surface area contributed by atoms with Gasteiger partial charge in [0, 0.05) is 30.0 Å². The highest BCUT2D eigenvalue weighted by Crippen LogP contribution is 1.95. The maximum atomic E-state index is 10.8. The molecule has 0 atom stereocenters. The van der Waals surface area contributed by atoms with Crippen molar-refractivity contribution < 1.29 is 0 Å². The largest absolute Gasteiger partial charge is 0.315 e. The number of hydrogen-bond acceptors (Lipinski definition) is 5. The minimum absolute atomic E-state index is 0.0252. The van der Waals surface area contributed by atoms with Crippen molar-refractivity contribution in [3.63, 3.8) is 0 Å². The first kappa shape index (κ1) is 10.0. The molecule has 5 nitrogen and oxygen atoms in total. The lowest BCUT2D eigenvalue weighted by molar-refractivity contribution is 0.653. The molecule has 6 heteroatoms. The topological polar surface area (TPSA) is 70.7 Å². The van der Waals surface area contributed by atoms with Crippen molar-refractivity contribution >= 4 is 11.3 Å². The zero-order valence-corrected chi connectivity index (χ0v) is 8.75. The van der Waals surface area contributed by atoms with Gasteiger partial charge in [-0.05, 0) is 6.07 Å². The number of thiazole rings is 1. The number of aromatic amines is 1. The van der Waals surface area contributed by atoms with Gasteiger partial charge in [-0.1, -0.05) is 11.3 Å². The lowest BCUT2D eigenvalue weighted by Crippen LogP contribution is -2.15. The molecule has 2 heterocycles. The van der Waals surface area contributed by atoms with Gasteiger partial charge >= 0.3 is 4.87 Å². The number of rotatable bonds is 4. The Hall–Kier alpha value is -1.53. The van der Waals surface area contributed by atoms with Gasteiger partial charge in [-0.25, -0.2) is 9.97 Å². The van der Waals surface area contributed by atoms with Gasteiger partial charge in [0.15, 0.2) is 0 Å². The maximum absolute atomic E-state index is 10.8. The van der Waals surface area contributed by atoms with Crippen LogP contribution in [0, 0.1) is 0 Å². The predicted molar refractivity (Wildman–Crippen MR) is 57.5 cm³/mol. The smallest absolute Gasteiger partial charge is 0.304 e. The van der Waals surface area contributed by atoms with E-state index in [0.29, 0.717) is 13.1 Å². The molecule has 0 aliphatic rings. The zero-order chi connectivity index (χ0) is 10.5. The minimum atomic E-state index is -0.0252. The minimum Gasteiger partial charge on any atom is -0.315 e. The summed E-state index contributed by atoms with van der Waals surface area (Å²) in [5.41, 5.74) is 0.890. The van der Waals surface area contributed by atoms with Gasteiger partial charge < -0.3 is 10.3 Å². The molecule has 2 aromatic heterocycles. The van der Waals surface area contributed by atoms with Gasteiger partial charge in [-0.3, -0.25) is 4.79 Å². The normalized spacial score (nSPS) is 10.4. The second-order valence-electron chi connectivity index (χ2n) is 2.94. The third kappa shape index (κ3) is 2.97. The highest BCUT2D eigenvalue weighted by molar-refractivity contribution is 7.07. The summed E-state index contributed by atoms with van der Waals surface area (Å²) in [5, 5.41) is 4.95. The van der Waals surface area contributed by atoms with Crippen LogP contribution in [-0.4, -0.2) is 15.0 Å². The Morgan fingerprint density at radius 1 is 1.33 bits per heavy atom. The summed E-state index contributed by atoms with van der Waals surface area (Å²) in [6.45, 7) is 1.22. The van der Waals surface area contributed by atoms with E-state index >= 15 is 0 Å². The van der Waals surface area contributed by atoms with Crippen LogP contribution in [0.5, 0.6) is 0 Å². The van der Waals surface area contributed by atoms with Crippen LogP contribution in [0.1, 0.15) is 11.5 Å². The summed E-state index contributed by atoms with van der Waals surface area (Å²) < 4.78 is 0. The third-order valence-electron chi connectivity index (χ3n) is 1.79. The first-order chi connectivity index (χ1) is 7.34. The van der Waals surface area contributed by atoms with Crippen LogP contribution in [0.4, 0.5) is 0 Å². The molecule has 0 saturated heterocycles. The second-order valence-corrected chi connectivity index (χ2v) is 3.78. The number of hydrogen-bond donors (Lipinski definition) is 2. The first-order valence-corrected chi connectivity index (χ1v) is 5.36. The van der Waals surface area contributed by atoms with Crippen LogP contribution >= 0.6 is 11.3 Å². The van der Waals surface area contributed by atoms with E-state index in [-0.39, 0.29) is 4.87 Å². The zero-order valence-electron chi connectivity index (χ0n) is 7.93. The van der Waals surface area contributed by atoms with E-state index in [1.807, 2.05) is 0 Å². The Kier molecular flexibility index (Phi) is 3.21. The van der Waals surface area contributed by atoms with Crippen LogP contribution in [-0.2, 0) is 13.1 Å². The van der Waals surface area contributed by atoms with Crippen LogP contribution in [0.25, 0.3) is 0 Å². The first-order valence-electron chi connectivity index (χ1n) is 4.48. The highest BCUT2D eigenvalue weighted by atomic mass is 32.1. The van der Waals surface area contributed by atoms with E-state index in [4.69, 9.17) is 0 Å². The van der Waals surface area contributed by atoms with E-state index < -0.39 is 0 Å². The van der Waals surface area contributed by atoms with Gasteiger partial charge in [0.25, 0.3) is 0 Å². The summed E-state index contributed by atoms with van der Waals surface area (Å²) >= 11 is 1.17. The highest BCUT2D eigenvalue weighted by Gasteiger charge is 1.97. The van der Waals surface area contributed by atoms with Gasteiger partial charge in [-0.15, -0.1) is 0 Å². The van der Waals surface area contributed by atoms with E-state index in [1.165, 1.54) is 11.3 Å². The average Bonchev–Trinajstić information content (AvgIpc) is 2.66. The molecule has 2 N–H and O–H groups in total. The molecule has 0 unspecified atom stereocenters. The number of H-pyrrole nitrogens is 1. The quantitative estimate of drug-likeness (QED) is 0.791. The SMILES string of the molecule is O=c1[nH]c(CNCc2ncccn2)cs1. The molecule has 15 heavy (non-hydrogen) atoms. The van der Waals surface area contributed by atoms with Crippen molar-refractivity contribution in [1.29, 1.82) is 0 Å². The molecule has 0 aliphatic carbocycles. The Morgan fingerprint density at radius 2 is 2.13 bits per heavy atom. The third-order valence-corrected chi connectivity index (χ3v) is 2.51. The van der Waals surface area contributed by atoms with E-state index in [2.05, 4.69) is 20.3 Å². The van der Waals surface area contributed by atoms with Gasteiger partial charge in [0.2, 0.25) is 0 Å². The van der Waals surface area contributed by atoms with Crippen molar-refractivity contribution in [2.24, 2.45) is 0 Å². The van der Waals surface area contributed by atoms with Crippen LogP contribution < -0.4 is 10.2 Å². The molecule has 0 spiro atoms. The Balaban J connectivity index is 1.83. The van der Waals surface area contributed by atoms with E-state index in [9.17, 15) is 4.79 Å². The molecule has 0 saturated carbocycles. The fourth-order valence-corrected chi connectivity index (χ4v) is 1.71. The van der Waals surface area contributed by atoms with Crippen LogP contribution in [0.3, 0.4) is 0 Å². The van der Waals surface area contributed by atoms with Crippen molar-refractivity contribution in [2.45, 2.75) is 13.1 Å². The van der Waals surface area contributed by atoms with Crippen molar-refractivity contribution in [1.82, 2.24) is 20.3 Å². The number of nitrogens with one attached hydrogen (secondary N) is 2. The summed E-state index contributed by atoms with van der Waals surface area (Å²) in [5.74, 6) is 0.745. The Bertz CT molecular complexity index is 464. The van der Waals surface area contributed by atoms with Crippen LogP contribution in [0.2, 0.25) is 0 Å². The maximum Gasteiger partial charge on any atom is 0.304 e. The van der Waals surface area contributed by atoms with Crippen molar-refractivity contribution in [2.75, 3.05) is 0 Å². The molecule has 2 rings (SSSR count). The lowest BCUT2D eigenvalue weighted by atomic mass is 10.4. The standard InChI is InChI=1S/C9H10N4OS/c14-9-13-7(6-15-9)4-10-5-8-11-2-1-3-12-8/h1-3,6,10H,4-5H2,(H,13,14). The summed E-state index contributed by atoms with van der Waals surface area (Å²) in [7, 11) is 0. The fraction of sp³-hybridized carbons (Fsp3) is 0.222. The molecule has 0 radical (unpaired) electrons. The summed E-state index contributed by atoms with van der Waals surface area (Å²) in [6.07, 6.45) is 3.41. The van der Waals surface area contributed by atoms with Gasteiger partial charge in [0.05, 0.1) is 6.54 Å². The Morgan fingerprint density at radius 3 is 2.80 bits per heavy atom. The summed E-state index contributed by atoms with van der Waals surface area (Å²) in [4.78, 5) is 21.7. The molecule has 0 bridgehead atoms. The fourth-order valence-electron chi connectivity index (χ4n) is 1.13. The molecule has 0 aliphatic heterocycles. The van der Waals surface area contributed by atoms with Crippen LogP contribution in [0.15, 0.2) is 28.6 Å². The van der Waals surface area contributed by atoms with Gasteiger partial charge in [-0.2, -0.15) is 0 Å². The van der Waals surface area contributed by atoms with Crippen molar-refractivity contribution in [3.05, 3.63) is 45.0 Å². The predicted octanol–water partition coefficient (Wildman–Crippen LogP) is 0.516. The number of aromatic nitrogens is 3. The average molecular weight is 222 g/mol. The number of nitrogens with zero attached hydrogens (tertiary/aromatic N) is 2. The molecule has 0 fully saturated rings. The Labute approximate surface area is 90.2 Å². The molecular formula is C9H10N4OS. The van der Waals surface area contributed by atoms with E-state index in [0.717, 1.165) is 11.5 Å². The van der Waals surface area contributed by atoms with Crippen molar-refractivity contribution in [3.8, 4) is 0 Å². The molecule has 2 aromatic rings. The second kappa shape index (κ2) is 4.81. The summed E-state index contributed by atoms with van der Waals surface area (Å²) in [6, 6.07) is 1.78.